The Balaban J connectivity index is 1.63. The van der Waals surface area contributed by atoms with Gasteiger partial charge in [0, 0.05) is 24.4 Å². The van der Waals surface area contributed by atoms with E-state index >= 15 is 0 Å². The summed E-state index contributed by atoms with van der Waals surface area (Å²) < 4.78 is 43.2. The Labute approximate surface area is 193 Å². The van der Waals surface area contributed by atoms with Gasteiger partial charge in [0.2, 0.25) is 10.0 Å². The number of nitrogens with zero attached hydrogens (tertiary/aromatic N) is 1. The first kappa shape index (κ1) is 24.4. The molecule has 1 heterocycles. The standard InChI is InChI=1S/C23H27N3O6S/c1-15(13-30-4)26-33(28,29)21-10-8-19(9-11-21)24-23(27)18-6-5-7-20(12-18)31-14-22-16(2)25-32-17(22)3/h5-12,15,26H,13-14H2,1-4H3,(H,24,27). The predicted octanol–water partition coefficient (Wildman–Crippen LogP) is 3.44. The van der Waals surface area contributed by atoms with E-state index in [-0.39, 0.29) is 30.1 Å². The van der Waals surface area contributed by atoms with Crippen LogP contribution in [0.3, 0.4) is 0 Å². The molecule has 2 aromatic carbocycles. The molecule has 0 saturated carbocycles. The van der Waals surface area contributed by atoms with Gasteiger partial charge in [0.15, 0.2) is 0 Å². The molecule has 2 N–H and O–H groups in total. The molecule has 0 saturated heterocycles. The van der Waals surface area contributed by atoms with Crippen LogP contribution in [0.1, 0.15) is 34.3 Å². The van der Waals surface area contributed by atoms with Gasteiger partial charge in [0.25, 0.3) is 5.91 Å². The summed E-state index contributed by atoms with van der Waals surface area (Å²) in [5.41, 5.74) is 2.49. The largest absolute Gasteiger partial charge is 0.489 e. The molecule has 1 atom stereocenters. The molecule has 0 fully saturated rings. The SMILES string of the molecule is COCC(C)NS(=O)(=O)c1ccc(NC(=O)c2cccc(OCc3c(C)noc3C)c2)cc1. The van der Waals surface area contributed by atoms with Crippen molar-refractivity contribution in [3.8, 4) is 5.75 Å². The van der Waals surface area contributed by atoms with Crippen molar-refractivity contribution in [2.45, 2.75) is 38.3 Å². The Morgan fingerprint density at radius 2 is 1.88 bits per heavy atom. The number of benzene rings is 2. The molecule has 9 nitrogen and oxygen atoms in total. The minimum atomic E-state index is -3.69. The molecule has 0 radical (unpaired) electrons. The maximum absolute atomic E-state index is 12.7. The summed E-state index contributed by atoms with van der Waals surface area (Å²) in [7, 11) is -2.18. The number of methoxy groups -OCH3 is 1. The number of hydrogen-bond acceptors (Lipinski definition) is 7. The monoisotopic (exact) mass is 473 g/mol. The second-order valence-electron chi connectivity index (χ2n) is 7.58. The molecule has 0 bridgehead atoms. The second-order valence-corrected chi connectivity index (χ2v) is 9.29. The van der Waals surface area contributed by atoms with Crippen LogP contribution in [0.15, 0.2) is 57.9 Å². The summed E-state index contributed by atoms with van der Waals surface area (Å²) in [5.74, 6) is 0.871. The maximum atomic E-state index is 12.7. The van der Waals surface area contributed by atoms with Crippen molar-refractivity contribution in [2.75, 3.05) is 19.0 Å². The lowest BCUT2D eigenvalue weighted by Crippen LogP contribution is -2.35. The molecule has 3 aromatic rings. The summed E-state index contributed by atoms with van der Waals surface area (Å²) in [6, 6.07) is 12.3. The van der Waals surface area contributed by atoms with Gasteiger partial charge in [0.1, 0.15) is 18.1 Å². The molecule has 33 heavy (non-hydrogen) atoms. The maximum Gasteiger partial charge on any atom is 0.255 e. The fourth-order valence-corrected chi connectivity index (χ4v) is 4.36. The van der Waals surface area contributed by atoms with Gasteiger partial charge in [0.05, 0.1) is 22.8 Å². The molecule has 1 amide bonds. The second kappa shape index (κ2) is 10.6. The summed E-state index contributed by atoms with van der Waals surface area (Å²) in [5, 5.41) is 6.66. The third-order valence-corrected chi connectivity index (χ3v) is 6.46. The number of ether oxygens (including phenoxy) is 2. The van der Waals surface area contributed by atoms with Gasteiger partial charge < -0.3 is 19.3 Å². The summed E-state index contributed by atoms with van der Waals surface area (Å²) in [6.45, 7) is 5.90. The average molecular weight is 474 g/mol. The van der Waals surface area contributed by atoms with Gasteiger partial charge in [-0.15, -0.1) is 0 Å². The average Bonchev–Trinajstić information content (AvgIpc) is 3.10. The van der Waals surface area contributed by atoms with E-state index in [1.54, 1.807) is 31.2 Å². The van der Waals surface area contributed by atoms with Crippen molar-refractivity contribution in [3.63, 3.8) is 0 Å². The van der Waals surface area contributed by atoms with E-state index in [1.807, 2.05) is 13.8 Å². The van der Waals surface area contributed by atoms with E-state index in [9.17, 15) is 13.2 Å². The van der Waals surface area contributed by atoms with Gasteiger partial charge in [-0.3, -0.25) is 4.79 Å². The third-order valence-electron chi connectivity index (χ3n) is 4.86. The third kappa shape index (κ3) is 6.41. The van der Waals surface area contributed by atoms with Crippen LogP contribution < -0.4 is 14.8 Å². The number of rotatable bonds is 10. The fourth-order valence-electron chi connectivity index (χ4n) is 3.13. The van der Waals surface area contributed by atoms with Crippen LogP contribution in [0, 0.1) is 13.8 Å². The Hall–Kier alpha value is -3.21. The Kier molecular flexibility index (Phi) is 7.85. The van der Waals surface area contributed by atoms with Crippen molar-refractivity contribution in [1.29, 1.82) is 0 Å². The van der Waals surface area contributed by atoms with Crippen molar-refractivity contribution in [1.82, 2.24) is 9.88 Å². The first-order chi connectivity index (χ1) is 15.7. The lowest BCUT2D eigenvalue weighted by molar-refractivity contribution is 0.102. The first-order valence-corrected chi connectivity index (χ1v) is 11.7. The van der Waals surface area contributed by atoms with Crippen LogP contribution in [0.2, 0.25) is 0 Å². The molecule has 1 unspecified atom stereocenters. The fraction of sp³-hybridized carbons (Fsp3) is 0.304. The van der Waals surface area contributed by atoms with Crippen LogP contribution in [-0.2, 0) is 21.4 Å². The number of sulfonamides is 1. The minimum Gasteiger partial charge on any atom is -0.489 e. The zero-order chi connectivity index (χ0) is 24.0. The Morgan fingerprint density at radius 3 is 2.52 bits per heavy atom. The van der Waals surface area contributed by atoms with Crippen LogP contribution in [0.5, 0.6) is 5.75 Å². The minimum absolute atomic E-state index is 0.0955. The zero-order valence-corrected chi connectivity index (χ0v) is 19.7. The van der Waals surface area contributed by atoms with E-state index in [0.29, 0.717) is 22.8 Å². The van der Waals surface area contributed by atoms with E-state index in [1.165, 1.54) is 31.4 Å². The lowest BCUT2D eigenvalue weighted by atomic mass is 10.2. The lowest BCUT2D eigenvalue weighted by Gasteiger charge is -2.13. The van der Waals surface area contributed by atoms with Crippen LogP contribution in [-0.4, -0.2) is 39.2 Å². The van der Waals surface area contributed by atoms with Crippen molar-refractivity contribution in [3.05, 3.63) is 71.1 Å². The summed E-state index contributed by atoms with van der Waals surface area (Å²) >= 11 is 0. The molecule has 1 aromatic heterocycles. The van der Waals surface area contributed by atoms with Crippen molar-refractivity contribution < 1.29 is 27.2 Å². The number of aromatic nitrogens is 1. The van der Waals surface area contributed by atoms with E-state index < -0.39 is 10.0 Å². The van der Waals surface area contributed by atoms with Crippen molar-refractivity contribution in [2.24, 2.45) is 0 Å². The van der Waals surface area contributed by atoms with E-state index in [0.717, 1.165) is 11.3 Å². The van der Waals surface area contributed by atoms with E-state index in [2.05, 4.69) is 15.2 Å². The number of anilines is 1. The smallest absolute Gasteiger partial charge is 0.255 e. The van der Waals surface area contributed by atoms with Crippen LogP contribution in [0.4, 0.5) is 5.69 Å². The number of carbonyl (C=O) groups excluding carboxylic acids is 1. The molecule has 0 aliphatic carbocycles. The molecular formula is C23H27N3O6S. The Bertz CT molecular complexity index is 1190. The van der Waals surface area contributed by atoms with E-state index in [4.69, 9.17) is 14.0 Å². The summed E-state index contributed by atoms with van der Waals surface area (Å²) in [4.78, 5) is 12.8. The number of carbonyl (C=O) groups is 1. The topological polar surface area (TPSA) is 120 Å². The highest BCUT2D eigenvalue weighted by Gasteiger charge is 2.17. The number of nitrogens with one attached hydrogen (secondary N) is 2. The normalized spacial score (nSPS) is 12.4. The highest BCUT2D eigenvalue weighted by Crippen LogP contribution is 2.20. The van der Waals surface area contributed by atoms with Crippen LogP contribution in [0.25, 0.3) is 0 Å². The molecule has 176 valence electrons. The van der Waals surface area contributed by atoms with Crippen molar-refractivity contribution >= 4 is 21.6 Å². The van der Waals surface area contributed by atoms with Gasteiger partial charge in [-0.05, 0) is 63.2 Å². The van der Waals surface area contributed by atoms with Gasteiger partial charge in [-0.1, -0.05) is 11.2 Å². The zero-order valence-electron chi connectivity index (χ0n) is 18.9. The van der Waals surface area contributed by atoms with Crippen LogP contribution >= 0.6 is 0 Å². The summed E-state index contributed by atoms with van der Waals surface area (Å²) in [6.07, 6.45) is 0. The molecule has 3 rings (SSSR count). The highest BCUT2D eigenvalue weighted by atomic mass is 32.2. The van der Waals surface area contributed by atoms with Gasteiger partial charge >= 0.3 is 0 Å². The molecular weight excluding hydrogens is 446 g/mol. The number of aryl methyl sites for hydroxylation is 2. The van der Waals surface area contributed by atoms with Gasteiger partial charge in [-0.2, -0.15) is 0 Å². The number of hydrogen-bond donors (Lipinski definition) is 2. The first-order valence-electron chi connectivity index (χ1n) is 10.3. The predicted molar refractivity (Wildman–Crippen MR) is 123 cm³/mol. The molecule has 0 aliphatic rings. The molecule has 10 heteroatoms. The molecule has 0 aliphatic heterocycles. The number of amides is 1. The highest BCUT2D eigenvalue weighted by molar-refractivity contribution is 7.89. The van der Waals surface area contributed by atoms with Gasteiger partial charge in [-0.25, -0.2) is 13.1 Å². The molecule has 0 spiro atoms. The Morgan fingerprint density at radius 1 is 1.15 bits per heavy atom. The quantitative estimate of drug-likeness (QED) is 0.463.